The summed E-state index contributed by atoms with van der Waals surface area (Å²) in [5.41, 5.74) is -2.39. The minimum absolute atomic E-state index is 0.0748. The number of methoxy groups -OCH3 is 2. The molecule has 0 radical (unpaired) electrons. The number of aromatic amines is 1. The Morgan fingerprint density at radius 3 is 2.03 bits per heavy atom. The molecule has 9 atom stereocenters. The Morgan fingerprint density at radius 1 is 1.03 bits per heavy atom. The van der Waals surface area contributed by atoms with E-state index in [4.69, 9.17) is 40.2 Å². The Morgan fingerprint density at radius 2 is 1.54 bits per heavy atom. The van der Waals surface area contributed by atoms with Crippen molar-refractivity contribution in [1.29, 1.82) is 0 Å². The molecule has 0 aromatic carbocycles. The van der Waals surface area contributed by atoms with Gasteiger partial charge in [0.1, 0.15) is 24.4 Å². The molecule has 39 heavy (non-hydrogen) atoms. The fourth-order valence-electron chi connectivity index (χ4n) is 4.31. The second-order valence-electron chi connectivity index (χ2n) is 8.60. The van der Waals surface area contributed by atoms with E-state index in [2.05, 4.69) is 22.2 Å². The molecule has 216 valence electrons. The molecule has 19 heteroatoms. The first-order chi connectivity index (χ1) is 18.5. The van der Waals surface area contributed by atoms with Crippen LogP contribution in [-0.4, -0.2) is 93.4 Å². The van der Waals surface area contributed by atoms with Crippen LogP contribution in [0.2, 0.25) is 0 Å². The summed E-state index contributed by atoms with van der Waals surface area (Å²) in [5.74, 6) is -0.755. The molecule has 2 aromatic rings. The quantitative estimate of drug-likeness (QED) is 0.126. The maximum atomic E-state index is 12.3. The van der Waals surface area contributed by atoms with Gasteiger partial charge in [0, 0.05) is 44.9 Å². The maximum Gasteiger partial charge on any atom is 0.349 e. The van der Waals surface area contributed by atoms with Gasteiger partial charge in [0.25, 0.3) is 5.56 Å². The van der Waals surface area contributed by atoms with Crippen LogP contribution in [0.25, 0.3) is 0 Å². The summed E-state index contributed by atoms with van der Waals surface area (Å²) in [6.45, 7) is -0.156. The van der Waals surface area contributed by atoms with Crippen LogP contribution in [0.3, 0.4) is 0 Å². The monoisotopic (exact) mass is 609 g/mol. The van der Waals surface area contributed by atoms with E-state index < -0.39 is 78.0 Å². The third kappa shape index (κ3) is 6.57. The van der Waals surface area contributed by atoms with E-state index >= 15 is 0 Å². The Kier molecular flexibility index (Phi) is 9.55. The number of nitrogens with zero attached hydrogens (tertiary/aromatic N) is 3. The summed E-state index contributed by atoms with van der Waals surface area (Å²) >= 11 is 9.84. The molecular weight excluding hydrogens is 583 g/mol. The van der Waals surface area contributed by atoms with Gasteiger partial charge in [-0.2, -0.15) is 0 Å². The number of aliphatic hydroxyl groups is 2. The lowest BCUT2D eigenvalue weighted by molar-refractivity contribution is -0.275. The number of aromatic nitrogens is 4. The fourth-order valence-corrected chi connectivity index (χ4v) is 6.74. The van der Waals surface area contributed by atoms with Crippen LogP contribution in [0, 0.1) is 0 Å². The third-order valence-corrected chi connectivity index (χ3v) is 8.10. The topological polar surface area (TPSA) is 209 Å². The van der Waals surface area contributed by atoms with Gasteiger partial charge in [0.15, 0.2) is 24.7 Å². The van der Waals surface area contributed by atoms with Gasteiger partial charge in [0.2, 0.25) is 6.12 Å². The molecule has 4 rings (SSSR count). The Labute approximate surface area is 231 Å². The van der Waals surface area contributed by atoms with Gasteiger partial charge in [-0.25, -0.2) is 23.6 Å². The zero-order chi connectivity index (χ0) is 28.5. The average Bonchev–Trinajstić information content (AvgIpc) is 3.31. The lowest BCUT2D eigenvalue weighted by Gasteiger charge is -2.32. The fraction of sp³-hybridized carbons (Fsp3) is 0.600. The van der Waals surface area contributed by atoms with Crippen molar-refractivity contribution >= 4 is 30.6 Å². The molecule has 2 aromatic heterocycles. The van der Waals surface area contributed by atoms with Gasteiger partial charge >= 0.3 is 11.4 Å². The van der Waals surface area contributed by atoms with E-state index in [0.29, 0.717) is 0 Å². The highest BCUT2D eigenvalue weighted by Gasteiger charge is 2.54. The molecule has 1 unspecified atom stereocenters. The van der Waals surface area contributed by atoms with E-state index in [1.165, 1.54) is 14.2 Å². The molecule has 2 saturated heterocycles. The molecule has 0 amide bonds. The zero-order valence-electron chi connectivity index (χ0n) is 20.5. The molecule has 2 aliphatic heterocycles. The number of thiol groups is 1. The number of H-pyrrole nitrogens is 1. The molecule has 16 nitrogen and oxygen atoms in total. The maximum absolute atomic E-state index is 12.3. The number of ether oxygens (including phenoxy) is 4. The normalized spacial score (nSPS) is 32.4. The molecule has 2 fully saturated rings. The smallest absolute Gasteiger partial charge is 0.349 e. The molecule has 0 aliphatic carbocycles. The average molecular weight is 610 g/mol. The van der Waals surface area contributed by atoms with E-state index in [1.807, 2.05) is 0 Å². The Balaban J connectivity index is 1.55. The van der Waals surface area contributed by atoms with Crippen molar-refractivity contribution in [2.75, 3.05) is 27.4 Å². The van der Waals surface area contributed by atoms with Gasteiger partial charge in [0.05, 0.1) is 13.2 Å². The lowest BCUT2D eigenvalue weighted by Crippen LogP contribution is -2.40. The molecule has 0 saturated carbocycles. The largest absolute Gasteiger partial charge is 0.858 e. The van der Waals surface area contributed by atoms with Crippen molar-refractivity contribution in [1.82, 2.24) is 19.1 Å². The lowest BCUT2D eigenvalue weighted by atomic mass is 10.1. The van der Waals surface area contributed by atoms with Crippen LogP contribution in [-0.2, 0) is 40.2 Å². The van der Waals surface area contributed by atoms with Crippen LogP contribution in [0.4, 0.5) is 0 Å². The van der Waals surface area contributed by atoms with E-state index in [9.17, 15) is 29.7 Å². The third-order valence-electron chi connectivity index (χ3n) is 5.99. The summed E-state index contributed by atoms with van der Waals surface area (Å²) in [7, 11) is 2.77. The number of rotatable bonds is 10. The molecule has 0 spiro atoms. The first-order valence-corrected chi connectivity index (χ1v) is 15.2. The molecule has 2 aliphatic rings. The highest BCUT2D eigenvalue weighted by Crippen LogP contribution is 2.67. The molecule has 3 N–H and O–H groups in total. The zero-order valence-corrected chi connectivity index (χ0v) is 23.1. The molecular formula is C20H26N4O12PS2-. The predicted octanol–water partition coefficient (Wildman–Crippen LogP) is -2.40. The van der Waals surface area contributed by atoms with Gasteiger partial charge in [-0.05, 0) is 11.9 Å². The minimum Gasteiger partial charge on any atom is -0.858 e. The molecule has 0 bridgehead atoms. The summed E-state index contributed by atoms with van der Waals surface area (Å²) in [6.07, 6.45) is -11.2. The van der Waals surface area contributed by atoms with Crippen LogP contribution < -0.4 is 22.0 Å². The first-order valence-electron chi connectivity index (χ1n) is 11.4. The van der Waals surface area contributed by atoms with Crippen LogP contribution >= 0.6 is 18.4 Å². The second kappa shape index (κ2) is 12.4. The van der Waals surface area contributed by atoms with E-state index in [1.54, 1.807) is 0 Å². The van der Waals surface area contributed by atoms with Crippen molar-refractivity contribution in [3.05, 3.63) is 55.8 Å². The number of hydrogen-bond acceptors (Lipinski definition) is 15. The highest BCUT2D eigenvalue weighted by atomic mass is 33.1. The van der Waals surface area contributed by atoms with Crippen LogP contribution in [0.15, 0.2) is 38.9 Å². The summed E-state index contributed by atoms with van der Waals surface area (Å²) in [4.78, 5) is 41.3. The summed E-state index contributed by atoms with van der Waals surface area (Å²) in [5, 5.41) is 33.4. The van der Waals surface area contributed by atoms with Crippen molar-refractivity contribution < 1.29 is 43.3 Å². The van der Waals surface area contributed by atoms with Crippen molar-refractivity contribution in [3.8, 4) is 5.88 Å². The predicted molar refractivity (Wildman–Crippen MR) is 136 cm³/mol. The van der Waals surface area contributed by atoms with Gasteiger partial charge in [-0.1, -0.05) is 0 Å². The van der Waals surface area contributed by atoms with Gasteiger partial charge in [-0.15, -0.1) is 0 Å². The minimum atomic E-state index is -3.62. The van der Waals surface area contributed by atoms with Gasteiger partial charge in [-0.3, -0.25) is 18.9 Å². The Bertz CT molecular complexity index is 1320. The van der Waals surface area contributed by atoms with Crippen molar-refractivity contribution in [2.45, 2.75) is 49.1 Å². The number of aliphatic hydroxyl groups excluding tert-OH is 2. The Hall–Kier alpha value is -1.83. The van der Waals surface area contributed by atoms with E-state index in [0.717, 1.165) is 33.7 Å². The summed E-state index contributed by atoms with van der Waals surface area (Å²) in [6, 6.07) is 2.12. The van der Waals surface area contributed by atoms with Crippen LogP contribution in [0.5, 0.6) is 5.88 Å². The van der Waals surface area contributed by atoms with Gasteiger partial charge < -0.3 is 46.5 Å². The van der Waals surface area contributed by atoms with Crippen molar-refractivity contribution in [2.24, 2.45) is 0 Å². The number of hydrogen-bond donors (Lipinski definition) is 4. The highest BCUT2D eigenvalue weighted by molar-refractivity contribution is 8.76. The van der Waals surface area contributed by atoms with Crippen molar-refractivity contribution in [3.63, 3.8) is 0 Å². The SMILES string of the molecule is COC[C@H]1O[C@@H](n2ccc([O-])nc2=O)[C@H](O)[C@@H]1O[P+]([S-])(S)O[C@H]1[C@@H](O)[C@H](n2ccc(=O)[nH]c2=O)O[C@@H]1COC. The van der Waals surface area contributed by atoms with E-state index in [-0.39, 0.29) is 13.2 Å². The standard InChI is InChI=1S/C20H27N4O12PS2/c1-31-7-9-15(13(27)17(33-9)23-5-3-11(25)21-19(23)29)35-37(38,39)36-16-10(8-32-2)34-18(14(16)28)24-6-4-12(26)22-20(24)30/h3-6,9-10,13-18,27-28H,7-8H2,1-2H3,(H,38,39)(H,21,25,29)(H,22,26,30)/p-1/t9-,10-,13-,14-,15-,16-,17-,18-/m1/s1. The summed E-state index contributed by atoms with van der Waals surface area (Å²) < 4.78 is 35.6. The first kappa shape index (κ1) is 30.1. The second-order valence-corrected chi connectivity index (χ2v) is 13.8. The number of nitrogens with one attached hydrogen (secondary N) is 1. The molecule has 4 heterocycles. The van der Waals surface area contributed by atoms with Crippen LogP contribution in [0.1, 0.15) is 12.5 Å².